The zero-order valence-electron chi connectivity index (χ0n) is 7.50. The Kier molecular flexibility index (Phi) is 4.57. The summed E-state index contributed by atoms with van der Waals surface area (Å²) in [6, 6.07) is 3.73. The van der Waals surface area contributed by atoms with Gasteiger partial charge in [0.05, 0.1) is 12.5 Å². The molecular formula is C9H12ClNO2. The second-order valence-electron chi connectivity index (χ2n) is 2.44. The summed E-state index contributed by atoms with van der Waals surface area (Å²) >= 11 is 5.69. The summed E-state index contributed by atoms with van der Waals surface area (Å²) in [7, 11) is 1.63. The minimum absolute atomic E-state index is 0.413. The highest BCUT2D eigenvalue weighted by molar-refractivity contribution is 6.17. The van der Waals surface area contributed by atoms with Crippen molar-refractivity contribution in [3.8, 4) is 5.88 Å². The lowest BCUT2D eigenvalue weighted by atomic mass is 10.3. The van der Waals surface area contributed by atoms with E-state index >= 15 is 0 Å². The lowest BCUT2D eigenvalue weighted by Gasteiger charge is -2.07. The zero-order chi connectivity index (χ0) is 9.52. The van der Waals surface area contributed by atoms with Crippen molar-refractivity contribution < 1.29 is 9.47 Å². The highest BCUT2D eigenvalue weighted by atomic mass is 35.5. The molecule has 0 saturated heterocycles. The largest absolute Gasteiger partial charge is 0.475 e. The first kappa shape index (κ1) is 10.3. The number of rotatable bonds is 5. The molecule has 0 atom stereocenters. The van der Waals surface area contributed by atoms with Gasteiger partial charge in [-0.05, 0) is 6.07 Å². The van der Waals surface area contributed by atoms with Gasteiger partial charge >= 0.3 is 0 Å². The normalized spacial score (nSPS) is 10.0. The van der Waals surface area contributed by atoms with E-state index in [0.717, 1.165) is 5.56 Å². The monoisotopic (exact) mass is 201 g/mol. The fraction of sp³-hybridized carbons (Fsp3) is 0.444. The van der Waals surface area contributed by atoms with Crippen LogP contribution in [-0.4, -0.2) is 25.3 Å². The van der Waals surface area contributed by atoms with E-state index < -0.39 is 0 Å². The molecule has 0 unspecified atom stereocenters. The molecule has 0 amide bonds. The second-order valence-corrected chi connectivity index (χ2v) is 2.71. The van der Waals surface area contributed by atoms with Crippen LogP contribution in [0.2, 0.25) is 0 Å². The van der Waals surface area contributed by atoms with E-state index in [1.807, 2.05) is 12.1 Å². The minimum atomic E-state index is 0.413. The lowest BCUT2D eigenvalue weighted by molar-refractivity contribution is 0.143. The van der Waals surface area contributed by atoms with Crippen molar-refractivity contribution in [1.82, 2.24) is 4.98 Å². The molecule has 13 heavy (non-hydrogen) atoms. The van der Waals surface area contributed by atoms with Crippen molar-refractivity contribution in [3.05, 3.63) is 23.9 Å². The fourth-order valence-corrected chi connectivity index (χ4v) is 1.08. The smallest absolute Gasteiger partial charge is 0.217 e. The molecule has 1 aromatic heterocycles. The van der Waals surface area contributed by atoms with Gasteiger partial charge in [0.2, 0.25) is 5.88 Å². The van der Waals surface area contributed by atoms with E-state index in [1.54, 1.807) is 13.3 Å². The molecule has 1 heterocycles. The number of hydrogen-bond acceptors (Lipinski definition) is 3. The van der Waals surface area contributed by atoms with Crippen molar-refractivity contribution in [2.24, 2.45) is 0 Å². The third-order valence-corrected chi connectivity index (χ3v) is 1.81. The molecule has 0 aliphatic heterocycles. The van der Waals surface area contributed by atoms with Gasteiger partial charge < -0.3 is 9.47 Å². The van der Waals surface area contributed by atoms with E-state index in [2.05, 4.69) is 4.98 Å². The molecule has 0 aliphatic carbocycles. The number of pyridine rings is 1. The van der Waals surface area contributed by atoms with Crippen LogP contribution in [0.4, 0.5) is 0 Å². The SMILES string of the molecule is COCCOc1ncccc1CCl. The van der Waals surface area contributed by atoms with Gasteiger partial charge in [0, 0.05) is 18.9 Å². The number of aromatic nitrogens is 1. The molecule has 0 N–H and O–H groups in total. The molecule has 4 heteroatoms. The number of hydrogen-bond donors (Lipinski definition) is 0. The van der Waals surface area contributed by atoms with E-state index in [4.69, 9.17) is 21.1 Å². The number of alkyl halides is 1. The van der Waals surface area contributed by atoms with Crippen LogP contribution < -0.4 is 4.74 Å². The maximum absolute atomic E-state index is 5.69. The number of methoxy groups -OCH3 is 1. The average Bonchev–Trinajstić information content (AvgIpc) is 2.19. The Balaban J connectivity index is 2.54. The van der Waals surface area contributed by atoms with Crippen LogP contribution in [0, 0.1) is 0 Å². The van der Waals surface area contributed by atoms with Crippen LogP contribution >= 0.6 is 11.6 Å². The van der Waals surface area contributed by atoms with Crippen molar-refractivity contribution >= 4 is 11.6 Å². The highest BCUT2D eigenvalue weighted by Crippen LogP contribution is 2.15. The third kappa shape index (κ3) is 3.20. The number of ether oxygens (including phenoxy) is 2. The molecule has 0 aromatic carbocycles. The Morgan fingerprint density at radius 1 is 1.46 bits per heavy atom. The molecule has 0 saturated carbocycles. The third-order valence-electron chi connectivity index (χ3n) is 1.52. The van der Waals surface area contributed by atoms with Crippen LogP contribution in [0.15, 0.2) is 18.3 Å². The highest BCUT2D eigenvalue weighted by Gasteiger charge is 2.01. The maximum atomic E-state index is 5.69. The van der Waals surface area contributed by atoms with Crippen molar-refractivity contribution in [2.75, 3.05) is 20.3 Å². The molecule has 0 spiro atoms. The Morgan fingerprint density at radius 3 is 3.00 bits per heavy atom. The van der Waals surface area contributed by atoms with Crippen LogP contribution in [0.25, 0.3) is 0 Å². The first-order valence-electron chi connectivity index (χ1n) is 4.00. The zero-order valence-corrected chi connectivity index (χ0v) is 8.25. The van der Waals surface area contributed by atoms with E-state index in [1.165, 1.54) is 0 Å². The maximum Gasteiger partial charge on any atom is 0.217 e. The summed E-state index contributed by atoms with van der Waals surface area (Å²) in [4.78, 5) is 4.06. The molecule has 1 aromatic rings. The number of halogens is 1. The molecule has 1 rings (SSSR count). The van der Waals surface area contributed by atoms with Gasteiger partial charge in [-0.1, -0.05) is 6.07 Å². The van der Waals surface area contributed by atoms with Crippen LogP contribution in [0.3, 0.4) is 0 Å². The van der Waals surface area contributed by atoms with Gasteiger partial charge in [0.1, 0.15) is 6.61 Å². The van der Waals surface area contributed by atoms with Gasteiger partial charge in [-0.3, -0.25) is 0 Å². The van der Waals surface area contributed by atoms with Crippen molar-refractivity contribution in [3.63, 3.8) is 0 Å². The van der Waals surface area contributed by atoms with Gasteiger partial charge in [-0.2, -0.15) is 0 Å². The fourth-order valence-electron chi connectivity index (χ4n) is 0.877. The Bertz CT molecular complexity index is 255. The lowest BCUT2D eigenvalue weighted by Crippen LogP contribution is -2.06. The first-order valence-corrected chi connectivity index (χ1v) is 4.53. The first-order chi connectivity index (χ1) is 6.38. The molecule has 0 radical (unpaired) electrons. The molecule has 0 aliphatic rings. The van der Waals surface area contributed by atoms with Gasteiger partial charge in [-0.15, -0.1) is 11.6 Å². The predicted molar refractivity (Wildman–Crippen MR) is 51.2 cm³/mol. The summed E-state index contributed by atoms with van der Waals surface area (Å²) in [6.45, 7) is 1.05. The summed E-state index contributed by atoms with van der Waals surface area (Å²) in [6.07, 6.45) is 1.68. The molecular weight excluding hydrogens is 190 g/mol. The molecule has 72 valence electrons. The Hall–Kier alpha value is -0.800. The minimum Gasteiger partial charge on any atom is -0.475 e. The van der Waals surface area contributed by atoms with Crippen LogP contribution in [0.5, 0.6) is 5.88 Å². The average molecular weight is 202 g/mol. The van der Waals surface area contributed by atoms with Gasteiger partial charge in [0.25, 0.3) is 0 Å². The van der Waals surface area contributed by atoms with Crippen LogP contribution in [-0.2, 0) is 10.6 Å². The summed E-state index contributed by atoms with van der Waals surface area (Å²) in [5, 5.41) is 0. The number of nitrogens with zero attached hydrogens (tertiary/aromatic N) is 1. The molecule has 3 nitrogen and oxygen atoms in total. The summed E-state index contributed by atoms with van der Waals surface area (Å²) < 4.78 is 10.2. The topological polar surface area (TPSA) is 31.4 Å². The Labute approximate surface area is 82.6 Å². The van der Waals surface area contributed by atoms with Gasteiger partial charge in [-0.25, -0.2) is 4.98 Å². The summed E-state index contributed by atoms with van der Waals surface area (Å²) in [5.74, 6) is 1.01. The quantitative estimate of drug-likeness (QED) is 0.538. The van der Waals surface area contributed by atoms with Crippen molar-refractivity contribution in [1.29, 1.82) is 0 Å². The predicted octanol–water partition coefficient (Wildman–Crippen LogP) is 1.85. The van der Waals surface area contributed by atoms with E-state index in [-0.39, 0.29) is 0 Å². The molecule has 0 fully saturated rings. The molecule has 0 bridgehead atoms. The van der Waals surface area contributed by atoms with Crippen LogP contribution in [0.1, 0.15) is 5.56 Å². The van der Waals surface area contributed by atoms with Crippen molar-refractivity contribution in [2.45, 2.75) is 5.88 Å². The Morgan fingerprint density at radius 2 is 2.31 bits per heavy atom. The second kappa shape index (κ2) is 5.78. The van der Waals surface area contributed by atoms with Gasteiger partial charge in [0.15, 0.2) is 0 Å². The van der Waals surface area contributed by atoms with E-state index in [0.29, 0.717) is 25.0 Å². The summed E-state index contributed by atoms with van der Waals surface area (Å²) in [5.41, 5.74) is 0.903. The van der Waals surface area contributed by atoms with E-state index in [9.17, 15) is 0 Å². The standard InChI is InChI=1S/C9H12ClNO2/c1-12-5-6-13-9-8(7-10)3-2-4-11-9/h2-4H,5-7H2,1H3.